The highest BCUT2D eigenvalue weighted by Crippen LogP contribution is 2.45. The molecule has 1 aliphatic heterocycles. The van der Waals surface area contributed by atoms with Crippen molar-refractivity contribution in [2.24, 2.45) is 5.92 Å². The first kappa shape index (κ1) is 19.6. The Kier molecular flexibility index (Phi) is 4.69. The van der Waals surface area contributed by atoms with Crippen LogP contribution in [0.5, 0.6) is 5.75 Å². The van der Waals surface area contributed by atoms with Gasteiger partial charge in [-0.1, -0.05) is 48.9 Å². The van der Waals surface area contributed by atoms with Gasteiger partial charge < -0.3 is 10.1 Å². The summed E-state index contributed by atoms with van der Waals surface area (Å²) in [4.78, 5) is 13.2. The second kappa shape index (κ2) is 7.41. The molecule has 2 aliphatic rings. The number of nitrogens with zero attached hydrogens (tertiary/aromatic N) is 2. The Labute approximate surface area is 182 Å². The highest BCUT2D eigenvalue weighted by atomic mass is 16.5. The van der Waals surface area contributed by atoms with E-state index in [2.05, 4.69) is 55.6 Å². The molecule has 5 heteroatoms. The fourth-order valence-corrected chi connectivity index (χ4v) is 4.84. The third kappa shape index (κ3) is 3.25. The Morgan fingerprint density at radius 1 is 1.03 bits per heavy atom. The molecule has 0 bridgehead atoms. The Hall–Kier alpha value is -3.34. The van der Waals surface area contributed by atoms with E-state index in [9.17, 15) is 4.79 Å². The van der Waals surface area contributed by atoms with Crippen molar-refractivity contribution in [3.63, 3.8) is 0 Å². The van der Waals surface area contributed by atoms with Crippen LogP contribution in [0.25, 0.3) is 11.1 Å². The number of fused-ring (bicyclic) bond motifs is 1. The van der Waals surface area contributed by atoms with E-state index in [0.717, 1.165) is 51.6 Å². The monoisotopic (exact) mass is 413 g/mol. The van der Waals surface area contributed by atoms with E-state index in [1.807, 2.05) is 23.7 Å². The van der Waals surface area contributed by atoms with Crippen molar-refractivity contribution in [3.05, 3.63) is 76.6 Å². The lowest BCUT2D eigenvalue weighted by atomic mass is 9.81. The number of nitrogens with one attached hydrogen (secondary N) is 1. The smallest absolute Gasteiger partial charge is 0.163 e. The quantitative estimate of drug-likeness (QED) is 0.621. The van der Waals surface area contributed by atoms with Crippen LogP contribution in [0, 0.1) is 19.8 Å². The number of ketones is 1. The molecule has 0 radical (unpaired) electrons. The van der Waals surface area contributed by atoms with E-state index < -0.39 is 0 Å². The lowest BCUT2D eigenvalue weighted by Crippen LogP contribution is -2.33. The van der Waals surface area contributed by atoms with Gasteiger partial charge in [0, 0.05) is 23.3 Å². The van der Waals surface area contributed by atoms with E-state index in [0.29, 0.717) is 12.3 Å². The topological polar surface area (TPSA) is 56.1 Å². The normalized spacial score (nSPS) is 20.2. The first-order valence-corrected chi connectivity index (χ1v) is 10.8. The number of hydrogen-bond donors (Lipinski definition) is 1. The molecule has 31 heavy (non-hydrogen) atoms. The summed E-state index contributed by atoms with van der Waals surface area (Å²) < 4.78 is 7.33. The molecule has 1 N–H and O–H groups in total. The predicted molar refractivity (Wildman–Crippen MR) is 122 cm³/mol. The standard InChI is InChI=1S/C26H27N3O2/c1-15-5-7-19(8-6-15)25-24-21(13-16(2)14-22(24)30)27-26-23(17(3)28-29(25)26)18-9-11-20(31-4)12-10-18/h5-12,16,25,27H,13-14H2,1-4H3/t16-,25-/m0/s1. The number of benzene rings is 2. The summed E-state index contributed by atoms with van der Waals surface area (Å²) in [6.45, 7) is 6.25. The van der Waals surface area contributed by atoms with Crippen molar-refractivity contribution in [1.29, 1.82) is 0 Å². The lowest BCUT2D eigenvalue weighted by Gasteiger charge is -2.35. The molecule has 3 aromatic rings. The molecular formula is C26H27N3O2. The van der Waals surface area contributed by atoms with Crippen LogP contribution in [0.3, 0.4) is 0 Å². The van der Waals surface area contributed by atoms with Gasteiger partial charge in [-0.25, -0.2) is 4.68 Å². The van der Waals surface area contributed by atoms with Gasteiger partial charge in [0.25, 0.3) is 0 Å². The van der Waals surface area contributed by atoms with Crippen LogP contribution < -0.4 is 10.1 Å². The van der Waals surface area contributed by atoms with Crippen LogP contribution in [0.1, 0.15) is 42.6 Å². The van der Waals surface area contributed by atoms with E-state index in [1.165, 1.54) is 5.56 Å². The third-order valence-corrected chi connectivity index (χ3v) is 6.36. The summed E-state index contributed by atoms with van der Waals surface area (Å²) in [6.07, 6.45) is 1.46. The van der Waals surface area contributed by atoms with Crippen LogP contribution in [0.15, 0.2) is 59.8 Å². The van der Waals surface area contributed by atoms with Gasteiger partial charge in [0.1, 0.15) is 17.6 Å². The third-order valence-electron chi connectivity index (χ3n) is 6.36. The summed E-state index contributed by atoms with van der Waals surface area (Å²) >= 11 is 0. The lowest BCUT2D eigenvalue weighted by molar-refractivity contribution is -0.117. The van der Waals surface area contributed by atoms with Gasteiger partial charge in [0.05, 0.1) is 12.8 Å². The van der Waals surface area contributed by atoms with Crippen molar-refractivity contribution in [2.75, 3.05) is 12.4 Å². The molecule has 0 amide bonds. The SMILES string of the molecule is COc1ccc(-c2c(C)nn3c2NC2=C(C(=O)C[C@@H](C)C2)[C@@H]3c2ccc(C)cc2)cc1. The fourth-order valence-electron chi connectivity index (χ4n) is 4.84. The van der Waals surface area contributed by atoms with E-state index >= 15 is 0 Å². The number of hydrogen-bond acceptors (Lipinski definition) is 4. The van der Waals surface area contributed by atoms with Crippen LogP contribution >= 0.6 is 0 Å². The molecule has 2 atom stereocenters. The summed E-state index contributed by atoms with van der Waals surface area (Å²) in [6, 6.07) is 16.3. The molecule has 1 aromatic heterocycles. The van der Waals surface area contributed by atoms with E-state index in [-0.39, 0.29) is 11.8 Å². The average Bonchev–Trinajstić information content (AvgIpc) is 3.08. The minimum atomic E-state index is -0.211. The Balaban J connectivity index is 1.71. The maximum Gasteiger partial charge on any atom is 0.163 e. The molecule has 5 nitrogen and oxygen atoms in total. The minimum Gasteiger partial charge on any atom is -0.497 e. The molecule has 158 valence electrons. The van der Waals surface area contributed by atoms with Gasteiger partial charge in [0.2, 0.25) is 0 Å². The zero-order valence-electron chi connectivity index (χ0n) is 18.4. The highest BCUT2D eigenvalue weighted by Gasteiger charge is 2.39. The summed E-state index contributed by atoms with van der Waals surface area (Å²) in [7, 11) is 1.67. The zero-order chi connectivity index (χ0) is 21.7. The second-order valence-corrected chi connectivity index (χ2v) is 8.75. The Morgan fingerprint density at radius 2 is 1.74 bits per heavy atom. The van der Waals surface area contributed by atoms with Gasteiger partial charge in [-0.15, -0.1) is 0 Å². The predicted octanol–water partition coefficient (Wildman–Crippen LogP) is 5.44. The van der Waals surface area contributed by atoms with Crippen LogP contribution in [-0.4, -0.2) is 22.7 Å². The number of ether oxygens (including phenoxy) is 1. The number of carbonyl (C=O) groups excluding carboxylic acids is 1. The number of allylic oxidation sites excluding steroid dienone is 2. The van der Waals surface area contributed by atoms with Gasteiger partial charge in [-0.3, -0.25) is 4.79 Å². The van der Waals surface area contributed by atoms with Crippen molar-refractivity contribution >= 4 is 11.6 Å². The highest BCUT2D eigenvalue weighted by molar-refractivity contribution is 6.00. The molecule has 0 saturated carbocycles. The maximum atomic E-state index is 13.2. The van der Waals surface area contributed by atoms with Crippen molar-refractivity contribution < 1.29 is 9.53 Å². The molecule has 0 fully saturated rings. The van der Waals surface area contributed by atoms with Crippen molar-refractivity contribution in [2.45, 2.75) is 39.7 Å². The fraction of sp³-hybridized carbons (Fsp3) is 0.308. The van der Waals surface area contributed by atoms with Crippen LogP contribution in [0.2, 0.25) is 0 Å². The number of rotatable bonds is 3. The number of carbonyl (C=O) groups is 1. The average molecular weight is 414 g/mol. The van der Waals surface area contributed by atoms with E-state index in [1.54, 1.807) is 7.11 Å². The Bertz CT molecular complexity index is 1190. The van der Waals surface area contributed by atoms with Gasteiger partial charge in [0.15, 0.2) is 5.78 Å². The van der Waals surface area contributed by atoms with Crippen LogP contribution in [0.4, 0.5) is 5.82 Å². The molecule has 1 aliphatic carbocycles. The van der Waals surface area contributed by atoms with E-state index in [4.69, 9.17) is 9.84 Å². The molecule has 2 heterocycles. The largest absolute Gasteiger partial charge is 0.497 e. The molecule has 0 unspecified atom stereocenters. The molecule has 5 rings (SSSR count). The first-order chi connectivity index (χ1) is 15.0. The molecular weight excluding hydrogens is 386 g/mol. The van der Waals surface area contributed by atoms with Gasteiger partial charge in [-0.05, 0) is 49.4 Å². The molecule has 2 aromatic carbocycles. The second-order valence-electron chi connectivity index (χ2n) is 8.75. The maximum absolute atomic E-state index is 13.2. The minimum absolute atomic E-state index is 0.211. The molecule has 0 spiro atoms. The number of methoxy groups -OCH3 is 1. The molecule has 0 saturated heterocycles. The van der Waals surface area contributed by atoms with Gasteiger partial charge >= 0.3 is 0 Å². The number of anilines is 1. The number of aryl methyl sites for hydroxylation is 2. The van der Waals surface area contributed by atoms with Gasteiger partial charge in [-0.2, -0.15) is 5.10 Å². The number of Topliss-reactive ketones (excluding diaryl/α,β-unsaturated/α-hetero) is 1. The zero-order valence-corrected chi connectivity index (χ0v) is 18.4. The summed E-state index contributed by atoms with van der Waals surface area (Å²) in [5, 5.41) is 8.55. The summed E-state index contributed by atoms with van der Waals surface area (Å²) in [5.41, 5.74) is 7.27. The first-order valence-electron chi connectivity index (χ1n) is 10.8. The van der Waals surface area contributed by atoms with Crippen molar-refractivity contribution in [1.82, 2.24) is 9.78 Å². The van der Waals surface area contributed by atoms with Crippen LogP contribution in [-0.2, 0) is 4.79 Å². The summed E-state index contributed by atoms with van der Waals surface area (Å²) in [5.74, 6) is 2.33. The Morgan fingerprint density at radius 3 is 2.42 bits per heavy atom. The number of aromatic nitrogens is 2. The van der Waals surface area contributed by atoms with Crippen molar-refractivity contribution in [3.8, 4) is 16.9 Å².